The van der Waals surface area contributed by atoms with Crippen molar-refractivity contribution < 1.29 is 14.3 Å². The van der Waals surface area contributed by atoms with Gasteiger partial charge in [0.25, 0.3) is 0 Å². The molecule has 1 aromatic heterocycles. The molecule has 184 valence electrons. The van der Waals surface area contributed by atoms with E-state index in [1.807, 2.05) is 52.9 Å². The molecule has 2 aliphatic heterocycles. The third-order valence-electron chi connectivity index (χ3n) is 7.03. The van der Waals surface area contributed by atoms with Crippen LogP contribution in [0.25, 0.3) is 22.2 Å². The van der Waals surface area contributed by atoms with Crippen LogP contribution in [0, 0.1) is 0 Å². The fraction of sp³-hybridized carbons (Fsp3) is 0.444. The molecular formula is C27H33N5O3. The summed E-state index contributed by atoms with van der Waals surface area (Å²) < 4.78 is 7.93. The second kappa shape index (κ2) is 10.2. The van der Waals surface area contributed by atoms with Gasteiger partial charge in [-0.2, -0.15) is 5.10 Å². The van der Waals surface area contributed by atoms with E-state index >= 15 is 0 Å². The van der Waals surface area contributed by atoms with Crippen molar-refractivity contribution in [1.29, 1.82) is 0 Å². The van der Waals surface area contributed by atoms with Crippen LogP contribution in [-0.4, -0.2) is 47.3 Å². The number of fused-ring (bicyclic) bond motifs is 1. The van der Waals surface area contributed by atoms with Crippen molar-refractivity contribution in [2.24, 2.45) is 5.73 Å². The van der Waals surface area contributed by atoms with Crippen molar-refractivity contribution in [3.63, 3.8) is 0 Å². The van der Waals surface area contributed by atoms with Gasteiger partial charge in [-0.05, 0) is 62.9 Å². The number of rotatable bonds is 6. The normalized spacial score (nSPS) is 20.6. The molecule has 5 rings (SSSR count). The third-order valence-corrected chi connectivity index (χ3v) is 7.03. The number of nitrogens with zero attached hydrogens (tertiary/aromatic N) is 3. The second-order valence-corrected chi connectivity index (χ2v) is 9.35. The van der Waals surface area contributed by atoms with Gasteiger partial charge in [-0.15, -0.1) is 0 Å². The monoisotopic (exact) mass is 475 g/mol. The van der Waals surface area contributed by atoms with E-state index in [4.69, 9.17) is 15.6 Å². The molecule has 8 nitrogen and oxygen atoms in total. The smallest absolute Gasteiger partial charge is 0.249 e. The van der Waals surface area contributed by atoms with Gasteiger partial charge in [-0.3, -0.25) is 9.59 Å². The fourth-order valence-electron chi connectivity index (χ4n) is 5.32. The lowest BCUT2D eigenvalue weighted by atomic mass is 10.0. The summed E-state index contributed by atoms with van der Waals surface area (Å²) in [7, 11) is 0. The molecule has 3 aromatic rings. The summed E-state index contributed by atoms with van der Waals surface area (Å²) in [4.78, 5) is 27.3. The molecule has 3 N–H and O–H groups in total. The molecule has 2 aromatic carbocycles. The van der Waals surface area contributed by atoms with Crippen molar-refractivity contribution >= 4 is 28.4 Å². The van der Waals surface area contributed by atoms with Gasteiger partial charge in [0.05, 0.1) is 11.1 Å². The minimum atomic E-state index is -0.492. The van der Waals surface area contributed by atoms with E-state index in [1.165, 1.54) is 0 Å². The van der Waals surface area contributed by atoms with Gasteiger partial charge < -0.3 is 20.7 Å². The van der Waals surface area contributed by atoms with E-state index in [2.05, 4.69) is 5.32 Å². The highest BCUT2D eigenvalue weighted by Crippen LogP contribution is 2.36. The predicted molar refractivity (Wildman–Crippen MR) is 136 cm³/mol. The van der Waals surface area contributed by atoms with Crippen molar-refractivity contribution in [1.82, 2.24) is 15.1 Å². The molecule has 0 radical (unpaired) electrons. The topological polar surface area (TPSA) is 102 Å². The number of aromatic nitrogens is 2. The van der Waals surface area contributed by atoms with Crippen LogP contribution in [0.15, 0.2) is 42.5 Å². The van der Waals surface area contributed by atoms with E-state index in [0.717, 1.165) is 67.3 Å². The summed E-state index contributed by atoms with van der Waals surface area (Å²) in [5, 5.41) is 9.11. The predicted octanol–water partition coefficient (Wildman–Crippen LogP) is 4.00. The zero-order valence-electron chi connectivity index (χ0n) is 20.2. The number of carbonyl (C=O) groups excluding carboxylic acids is 2. The van der Waals surface area contributed by atoms with Crippen LogP contribution in [-0.2, 0) is 9.53 Å². The Morgan fingerprint density at radius 2 is 2.03 bits per heavy atom. The summed E-state index contributed by atoms with van der Waals surface area (Å²) >= 11 is 0. The maximum absolute atomic E-state index is 13.0. The molecule has 2 saturated heterocycles. The quantitative estimate of drug-likeness (QED) is 0.561. The number of carbonyl (C=O) groups is 2. The van der Waals surface area contributed by atoms with E-state index in [-0.39, 0.29) is 18.2 Å². The Kier molecular flexibility index (Phi) is 6.83. The Morgan fingerprint density at radius 1 is 1.17 bits per heavy atom. The van der Waals surface area contributed by atoms with Crippen molar-refractivity contribution in [2.45, 2.75) is 57.7 Å². The lowest BCUT2D eigenvalue weighted by Gasteiger charge is -2.35. The van der Waals surface area contributed by atoms with Gasteiger partial charge in [-0.25, -0.2) is 4.68 Å². The maximum Gasteiger partial charge on any atom is 0.249 e. The Balaban J connectivity index is 1.64. The molecule has 0 bridgehead atoms. The van der Waals surface area contributed by atoms with Crippen LogP contribution >= 0.6 is 0 Å². The first kappa shape index (κ1) is 23.5. The maximum atomic E-state index is 13.0. The summed E-state index contributed by atoms with van der Waals surface area (Å²) in [5.41, 5.74) is 9.40. The van der Waals surface area contributed by atoms with Gasteiger partial charge in [0.1, 0.15) is 5.69 Å². The zero-order chi connectivity index (χ0) is 24.4. The number of nitrogens with two attached hydrogens (primary N) is 1. The molecule has 0 saturated carbocycles. The molecule has 2 aliphatic rings. The largest absolute Gasteiger partial charge is 0.366 e. The van der Waals surface area contributed by atoms with Crippen molar-refractivity contribution in [2.75, 3.05) is 24.6 Å². The van der Waals surface area contributed by atoms with Gasteiger partial charge in [0, 0.05) is 42.3 Å². The third kappa shape index (κ3) is 4.56. The first-order chi connectivity index (χ1) is 17.1. The summed E-state index contributed by atoms with van der Waals surface area (Å²) in [6, 6.07) is 13.6. The summed E-state index contributed by atoms with van der Waals surface area (Å²) in [6.45, 7) is 4.34. The SMILES string of the molecule is CCC(=O)N(c1cccc(-c2nn(C3CCCCO3)c3cccc(C(N)=O)c23)c1)C1CCCNC1. The van der Waals surface area contributed by atoms with Crippen LogP contribution in [0.2, 0.25) is 0 Å². The Hall–Kier alpha value is -3.23. The highest BCUT2D eigenvalue weighted by atomic mass is 16.5. The number of nitrogens with one attached hydrogen (secondary N) is 1. The molecule has 35 heavy (non-hydrogen) atoms. The number of hydrogen-bond acceptors (Lipinski definition) is 5. The Bertz CT molecular complexity index is 1220. The average molecular weight is 476 g/mol. The highest BCUT2D eigenvalue weighted by molar-refractivity contribution is 6.10. The first-order valence-corrected chi connectivity index (χ1v) is 12.6. The second-order valence-electron chi connectivity index (χ2n) is 9.35. The minimum absolute atomic E-state index is 0.0969. The fourth-order valence-corrected chi connectivity index (χ4v) is 5.32. The van der Waals surface area contributed by atoms with Gasteiger partial charge in [-0.1, -0.05) is 25.1 Å². The number of benzene rings is 2. The first-order valence-electron chi connectivity index (χ1n) is 12.6. The van der Waals surface area contributed by atoms with E-state index in [0.29, 0.717) is 24.3 Å². The lowest BCUT2D eigenvalue weighted by Crippen LogP contribution is -2.48. The van der Waals surface area contributed by atoms with Crippen molar-refractivity contribution in [3.05, 3.63) is 48.0 Å². The van der Waals surface area contributed by atoms with E-state index in [9.17, 15) is 9.59 Å². The number of primary amides is 1. The molecule has 8 heteroatoms. The molecule has 0 spiro atoms. The van der Waals surface area contributed by atoms with Crippen molar-refractivity contribution in [3.8, 4) is 11.3 Å². The summed E-state index contributed by atoms with van der Waals surface area (Å²) in [5.74, 6) is -0.396. The molecule has 3 heterocycles. The van der Waals surface area contributed by atoms with Crippen LogP contribution in [0.5, 0.6) is 0 Å². The van der Waals surface area contributed by atoms with Crippen LogP contribution in [0.1, 0.15) is 62.0 Å². The molecule has 2 amide bonds. The zero-order valence-corrected chi connectivity index (χ0v) is 20.2. The van der Waals surface area contributed by atoms with Crippen LogP contribution in [0.4, 0.5) is 5.69 Å². The minimum Gasteiger partial charge on any atom is -0.366 e. The van der Waals surface area contributed by atoms with E-state index < -0.39 is 5.91 Å². The van der Waals surface area contributed by atoms with Gasteiger partial charge >= 0.3 is 0 Å². The van der Waals surface area contributed by atoms with Gasteiger partial charge in [0.2, 0.25) is 11.8 Å². The lowest BCUT2D eigenvalue weighted by molar-refractivity contribution is -0.118. The molecule has 0 aliphatic carbocycles. The number of ether oxygens (including phenoxy) is 1. The summed E-state index contributed by atoms with van der Waals surface area (Å²) in [6.07, 6.45) is 5.22. The number of piperidine rings is 1. The number of anilines is 1. The van der Waals surface area contributed by atoms with E-state index in [1.54, 1.807) is 6.07 Å². The molecule has 2 unspecified atom stereocenters. The highest BCUT2D eigenvalue weighted by Gasteiger charge is 2.28. The standard InChI is InChI=1S/C27H33N5O3/c1-2-23(33)31(20-10-7-14-29-17-20)19-9-5-8-18(16-19)26-25-21(27(28)34)11-6-12-22(25)32(30-26)24-13-3-4-15-35-24/h5-6,8-9,11-12,16,20,24,29H,2-4,7,10,13-15,17H2,1H3,(H2,28,34). The van der Waals surface area contributed by atoms with Crippen LogP contribution in [0.3, 0.4) is 0 Å². The molecule has 2 atom stereocenters. The number of hydrogen-bond donors (Lipinski definition) is 2. The average Bonchev–Trinajstić information content (AvgIpc) is 3.30. The van der Waals surface area contributed by atoms with Crippen LogP contribution < -0.4 is 16.0 Å². The van der Waals surface area contributed by atoms with Gasteiger partial charge in [0.15, 0.2) is 6.23 Å². The molecular weight excluding hydrogens is 442 g/mol. The molecule has 2 fully saturated rings. The number of amides is 2. The Labute approximate surface area is 205 Å². The Morgan fingerprint density at radius 3 is 2.74 bits per heavy atom.